The van der Waals surface area contributed by atoms with E-state index in [1.54, 1.807) is 29.6 Å². The number of hydrogen-bond donors (Lipinski definition) is 1. The molecule has 1 aliphatic heterocycles. The maximum absolute atomic E-state index is 11.7. The number of carbonyl (C=O) groups excluding carboxylic acids is 1. The number of hydrogen-bond acceptors (Lipinski definition) is 5. The van der Waals surface area contributed by atoms with E-state index in [-0.39, 0.29) is 12.0 Å². The highest BCUT2D eigenvalue weighted by atomic mass is 32.2. The van der Waals surface area contributed by atoms with Crippen LogP contribution in [0, 0.1) is 0 Å². The van der Waals surface area contributed by atoms with Gasteiger partial charge >= 0.3 is 9.95 Å². The Balaban J connectivity index is 2.31. The van der Waals surface area contributed by atoms with Gasteiger partial charge in [0.05, 0.1) is 13.0 Å². The summed E-state index contributed by atoms with van der Waals surface area (Å²) in [5, 5.41) is 13.6. The van der Waals surface area contributed by atoms with Crippen LogP contribution in [0.2, 0.25) is 0 Å². The largest absolute Gasteiger partial charge is 0.461 e. The van der Waals surface area contributed by atoms with E-state index in [1.165, 1.54) is 0 Å². The maximum atomic E-state index is 11.7. The molecule has 1 aromatic rings. The van der Waals surface area contributed by atoms with Crippen LogP contribution in [0.1, 0.15) is 13.3 Å². The summed E-state index contributed by atoms with van der Waals surface area (Å²) in [5.74, 6) is -0.236. The highest BCUT2D eigenvalue weighted by Crippen LogP contribution is 2.13. The summed E-state index contributed by atoms with van der Waals surface area (Å²) in [7, 11) is 0. The second-order valence-corrected chi connectivity index (χ2v) is 5.63. The highest BCUT2D eigenvalue weighted by Gasteiger charge is 2.42. The maximum Gasteiger partial charge on any atom is 0.375 e. The molecule has 0 aromatic carbocycles. The normalized spacial score (nSPS) is 24.8. The average Bonchev–Trinajstić information content (AvgIpc) is 2.85. The molecule has 16 heavy (non-hydrogen) atoms. The zero-order valence-electron chi connectivity index (χ0n) is 8.96. The molecule has 1 N–H and O–H groups in total. The van der Waals surface area contributed by atoms with Crippen LogP contribution in [-0.2, 0) is 9.53 Å². The molecule has 0 amide bonds. The first-order chi connectivity index (χ1) is 7.72. The van der Waals surface area contributed by atoms with Crippen molar-refractivity contribution in [3.63, 3.8) is 0 Å². The van der Waals surface area contributed by atoms with Crippen LogP contribution >= 0.6 is 22.7 Å². The molecule has 0 aliphatic carbocycles. The molecule has 1 aromatic heterocycles. The summed E-state index contributed by atoms with van der Waals surface area (Å²) in [6.07, 6.45) is 0.0207. The quantitative estimate of drug-likeness (QED) is 0.614. The van der Waals surface area contributed by atoms with Gasteiger partial charge in [-0.1, -0.05) is 22.7 Å². The van der Waals surface area contributed by atoms with E-state index in [1.807, 2.05) is 15.3 Å². The number of β-amino-alcohol motifs (C(OH)–C–C–N with tert-alkyl or cyclic N) is 1. The second-order valence-electron chi connectivity index (χ2n) is 3.58. The van der Waals surface area contributed by atoms with Gasteiger partial charge in [-0.15, -0.1) is 0 Å². The summed E-state index contributed by atoms with van der Waals surface area (Å²) in [6.45, 7) is 2.69. The lowest BCUT2D eigenvalue weighted by molar-refractivity contribution is -0.145. The number of ether oxygens (including phenoxy) is 1. The van der Waals surface area contributed by atoms with Crippen molar-refractivity contribution in [2.75, 3.05) is 13.2 Å². The fourth-order valence-electron chi connectivity index (χ4n) is 1.81. The van der Waals surface area contributed by atoms with E-state index in [9.17, 15) is 9.90 Å². The molecule has 4 nitrogen and oxygen atoms in total. The molecule has 6 heteroatoms. The minimum atomic E-state index is -0.441. The van der Waals surface area contributed by atoms with Gasteiger partial charge < -0.3 is 9.84 Å². The summed E-state index contributed by atoms with van der Waals surface area (Å²) in [4.78, 5) is 11.7. The predicted molar refractivity (Wildman–Crippen MR) is 63.4 cm³/mol. The highest BCUT2D eigenvalue weighted by molar-refractivity contribution is 7.24. The van der Waals surface area contributed by atoms with Gasteiger partial charge in [-0.25, -0.2) is 4.79 Å². The fraction of sp³-hybridized carbons (Fsp3) is 0.600. The Morgan fingerprint density at radius 1 is 1.62 bits per heavy atom. The summed E-state index contributed by atoms with van der Waals surface area (Å²) in [6, 6.07) is -0.329. The molecule has 0 radical (unpaired) electrons. The summed E-state index contributed by atoms with van der Waals surface area (Å²) < 4.78 is 8.01. The van der Waals surface area contributed by atoms with Gasteiger partial charge in [0.25, 0.3) is 6.04 Å². The Morgan fingerprint density at radius 3 is 2.94 bits per heavy atom. The Hall–Kier alpha value is -0.720. The lowest BCUT2D eigenvalue weighted by Crippen LogP contribution is -2.38. The van der Waals surface area contributed by atoms with Gasteiger partial charge in [-0.3, -0.25) is 0 Å². The first-order valence-corrected chi connectivity index (χ1v) is 6.95. The zero-order chi connectivity index (χ0) is 11.5. The topological polar surface area (TPSA) is 49.5 Å². The molecule has 0 spiro atoms. The molecule has 2 heterocycles. The molecule has 0 saturated carbocycles. The van der Waals surface area contributed by atoms with Crippen molar-refractivity contribution in [3.05, 3.63) is 14.7 Å². The number of aliphatic hydroxyl groups excluding tert-OH is 1. The van der Waals surface area contributed by atoms with Crippen LogP contribution in [0.3, 0.4) is 0 Å². The second kappa shape index (κ2) is 5.07. The molecule has 1 fully saturated rings. The number of rotatable bonds is 2. The average molecular weight is 260 g/mol. The minimum Gasteiger partial charge on any atom is -0.461 e. The smallest absolute Gasteiger partial charge is 0.375 e. The van der Waals surface area contributed by atoms with Gasteiger partial charge in [0.2, 0.25) is 0 Å². The Morgan fingerprint density at radius 2 is 2.31 bits per heavy atom. The van der Waals surface area contributed by atoms with Crippen LogP contribution in [0.5, 0.6) is 0 Å². The molecule has 1 aliphatic rings. The Labute approximate surface area is 101 Å². The van der Waals surface area contributed by atoms with E-state index < -0.39 is 6.10 Å². The SMILES string of the molecule is CCOC(=O)C1CC(O)C[N+]1=c1sccs1. The van der Waals surface area contributed by atoms with Crippen LogP contribution < -0.4 is 8.56 Å². The van der Waals surface area contributed by atoms with Crippen LogP contribution in [-0.4, -0.2) is 36.4 Å². The third-order valence-electron chi connectivity index (χ3n) is 2.47. The molecular formula is C10H14NO3S2+. The van der Waals surface area contributed by atoms with Crippen LogP contribution in [0.25, 0.3) is 0 Å². The van der Waals surface area contributed by atoms with Gasteiger partial charge in [0.15, 0.2) is 6.54 Å². The first kappa shape index (κ1) is 11.8. The van der Waals surface area contributed by atoms with Crippen molar-refractivity contribution >= 4 is 28.6 Å². The summed E-state index contributed by atoms with van der Waals surface area (Å²) >= 11 is 3.17. The van der Waals surface area contributed by atoms with Crippen molar-refractivity contribution in [2.45, 2.75) is 25.5 Å². The van der Waals surface area contributed by atoms with E-state index >= 15 is 0 Å². The van der Waals surface area contributed by atoms with Crippen molar-refractivity contribution in [3.8, 4) is 0 Å². The van der Waals surface area contributed by atoms with E-state index in [0.717, 1.165) is 3.98 Å². The minimum absolute atomic E-state index is 0.236. The predicted octanol–water partition coefficient (Wildman–Crippen LogP) is 0.278. The van der Waals surface area contributed by atoms with Gasteiger partial charge in [0, 0.05) is 10.8 Å². The van der Waals surface area contributed by atoms with Gasteiger partial charge in [-0.2, -0.15) is 4.58 Å². The van der Waals surface area contributed by atoms with Crippen molar-refractivity contribution < 1.29 is 14.6 Å². The molecular weight excluding hydrogens is 246 g/mol. The lowest BCUT2D eigenvalue weighted by atomic mass is 10.2. The molecule has 88 valence electrons. The van der Waals surface area contributed by atoms with Crippen LogP contribution in [0.4, 0.5) is 0 Å². The standard InChI is InChI=1S/C10H14NO3S2/c1-2-14-9(13)8-5-7(12)6-11(8)10-15-3-4-16-10/h3-4,7-8,12H,2,5-6H2,1H3/q+1. The number of esters is 1. The number of nitrogens with zero attached hydrogens (tertiary/aromatic N) is 1. The Kier molecular flexibility index (Phi) is 3.73. The molecule has 2 unspecified atom stereocenters. The molecule has 2 rings (SSSR count). The fourth-order valence-corrected chi connectivity index (χ4v) is 3.72. The van der Waals surface area contributed by atoms with Crippen LogP contribution in [0.15, 0.2) is 10.8 Å². The first-order valence-electron chi connectivity index (χ1n) is 5.19. The van der Waals surface area contributed by atoms with E-state index in [4.69, 9.17) is 4.74 Å². The van der Waals surface area contributed by atoms with Crippen molar-refractivity contribution in [1.29, 1.82) is 0 Å². The molecule has 0 bridgehead atoms. The Bertz CT molecular complexity index is 421. The zero-order valence-corrected chi connectivity index (χ0v) is 10.6. The van der Waals surface area contributed by atoms with Gasteiger partial charge in [0.1, 0.15) is 6.10 Å². The third-order valence-corrected chi connectivity index (χ3v) is 4.63. The number of aliphatic hydroxyl groups is 1. The summed E-state index contributed by atoms with van der Waals surface area (Å²) in [5.41, 5.74) is 0. The monoisotopic (exact) mass is 260 g/mol. The molecule has 1 saturated heterocycles. The number of carbonyl (C=O) groups is 1. The van der Waals surface area contributed by atoms with Crippen molar-refractivity contribution in [2.24, 2.45) is 0 Å². The van der Waals surface area contributed by atoms with E-state index in [0.29, 0.717) is 19.6 Å². The molecule has 2 atom stereocenters. The van der Waals surface area contributed by atoms with Crippen molar-refractivity contribution in [1.82, 2.24) is 4.58 Å². The van der Waals surface area contributed by atoms with Gasteiger partial charge in [-0.05, 0) is 6.92 Å². The third kappa shape index (κ3) is 2.34. The lowest BCUT2D eigenvalue weighted by Gasteiger charge is -2.04. The van der Waals surface area contributed by atoms with E-state index in [2.05, 4.69) is 0 Å².